The third kappa shape index (κ3) is 4.22. The molecule has 0 atom stereocenters. The van der Waals surface area contributed by atoms with E-state index < -0.39 is 29.1 Å². The number of halogens is 5. The molecule has 0 aliphatic heterocycles. The van der Waals surface area contributed by atoms with Gasteiger partial charge in [0.05, 0.1) is 5.56 Å². The monoisotopic (exact) mass is 436 g/mol. The first kappa shape index (κ1) is 21.6. The van der Waals surface area contributed by atoms with Crippen LogP contribution < -0.4 is 0 Å². The van der Waals surface area contributed by atoms with Gasteiger partial charge in [-0.1, -0.05) is 61.6 Å². The molecular weight excluding hydrogens is 419 g/mol. The molecule has 0 spiro atoms. The van der Waals surface area contributed by atoms with E-state index in [0.717, 1.165) is 42.0 Å². The van der Waals surface area contributed by atoms with Crippen LogP contribution in [0.1, 0.15) is 30.0 Å². The van der Waals surface area contributed by atoms with E-state index >= 15 is 4.39 Å². The molecule has 0 heterocycles. The summed E-state index contributed by atoms with van der Waals surface area (Å²) in [4.78, 5) is 0. The van der Waals surface area contributed by atoms with Gasteiger partial charge in [-0.2, -0.15) is 0 Å². The molecule has 0 aliphatic rings. The molecule has 4 aromatic carbocycles. The van der Waals surface area contributed by atoms with Crippen molar-refractivity contribution in [3.8, 4) is 23.0 Å². The first-order valence-electron chi connectivity index (χ1n) is 10.0. The molecule has 160 valence electrons. The second kappa shape index (κ2) is 8.84. The van der Waals surface area contributed by atoms with Gasteiger partial charge in [-0.05, 0) is 47.2 Å². The summed E-state index contributed by atoms with van der Waals surface area (Å²) in [6.07, 6.45) is 1.90. The number of rotatable bonds is 3. The molecule has 0 nitrogen and oxygen atoms in total. The van der Waals surface area contributed by atoms with Gasteiger partial charge in [0.15, 0.2) is 17.5 Å². The maximum absolute atomic E-state index is 15.1. The topological polar surface area (TPSA) is 0 Å². The summed E-state index contributed by atoms with van der Waals surface area (Å²) in [6.45, 7) is 2.08. The Morgan fingerprint density at radius 3 is 2.12 bits per heavy atom. The highest BCUT2D eigenvalue weighted by molar-refractivity contribution is 5.88. The summed E-state index contributed by atoms with van der Waals surface area (Å²) in [7, 11) is 0. The Hall–Kier alpha value is -3.65. The van der Waals surface area contributed by atoms with Gasteiger partial charge in [0, 0.05) is 16.5 Å². The smallest absolute Gasteiger partial charge is 0.194 e. The Balaban J connectivity index is 1.67. The number of fused-ring (bicyclic) bond motifs is 1. The summed E-state index contributed by atoms with van der Waals surface area (Å²) in [6, 6.07) is 14.5. The molecule has 4 aromatic rings. The van der Waals surface area contributed by atoms with Crippen molar-refractivity contribution in [2.45, 2.75) is 19.8 Å². The minimum absolute atomic E-state index is 0.0377. The van der Waals surface area contributed by atoms with E-state index in [0.29, 0.717) is 10.9 Å². The van der Waals surface area contributed by atoms with E-state index in [1.165, 1.54) is 12.1 Å². The average molecular weight is 436 g/mol. The third-order valence-electron chi connectivity index (χ3n) is 5.16. The maximum atomic E-state index is 15.1. The van der Waals surface area contributed by atoms with Crippen molar-refractivity contribution in [3.63, 3.8) is 0 Å². The van der Waals surface area contributed by atoms with Gasteiger partial charge in [0.25, 0.3) is 0 Å². The molecule has 0 saturated heterocycles. The lowest BCUT2D eigenvalue weighted by Gasteiger charge is -2.09. The van der Waals surface area contributed by atoms with Gasteiger partial charge < -0.3 is 0 Å². The lowest BCUT2D eigenvalue weighted by molar-refractivity contribution is 0.446. The van der Waals surface area contributed by atoms with Crippen LogP contribution in [0.25, 0.3) is 21.9 Å². The van der Waals surface area contributed by atoms with Crippen molar-refractivity contribution >= 4 is 10.8 Å². The van der Waals surface area contributed by atoms with Crippen LogP contribution in [0.2, 0.25) is 0 Å². The van der Waals surface area contributed by atoms with E-state index in [4.69, 9.17) is 0 Å². The zero-order valence-electron chi connectivity index (χ0n) is 17.1. The zero-order valence-corrected chi connectivity index (χ0v) is 17.1. The Kier molecular flexibility index (Phi) is 5.96. The first-order valence-corrected chi connectivity index (χ1v) is 10.0. The molecule has 32 heavy (non-hydrogen) atoms. The number of aryl methyl sites for hydroxylation is 1. The van der Waals surface area contributed by atoms with E-state index in [9.17, 15) is 17.6 Å². The molecule has 0 N–H and O–H groups in total. The van der Waals surface area contributed by atoms with E-state index in [2.05, 4.69) is 18.8 Å². The highest BCUT2D eigenvalue weighted by Crippen LogP contribution is 2.30. The van der Waals surface area contributed by atoms with Crippen molar-refractivity contribution in [1.82, 2.24) is 0 Å². The number of hydrogen-bond donors (Lipinski definition) is 0. The lowest BCUT2D eigenvalue weighted by atomic mass is 9.97. The number of hydrogen-bond acceptors (Lipinski definition) is 0. The quantitative estimate of drug-likeness (QED) is 0.177. The van der Waals surface area contributed by atoms with Crippen LogP contribution in [-0.2, 0) is 6.42 Å². The van der Waals surface area contributed by atoms with Crippen LogP contribution in [0.15, 0.2) is 60.7 Å². The summed E-state index contributed by atoms with van der Waals surface area (Å²) in [5, 5.41) is 1.23. The molecule has 0 aliphatic carbocycles. The average Bonchev–Trinajstić information content (AvgIpc) is 2.77. The summed E-state index contributed by atoms with van der Waals surface area (Å²) < 4.78 is 69.4. The third-order valence-corrected chi connectivity index (χ3v) is 5.16. The van der Waals surface area contributed by atoms with Gasteiger partial charge in [-0.3, -0.25) is 0 Å². The highest BCUT2D eigenvalue weighted by Gasteiger charge is 2.12. The van der Waals surface area contributed by atoms with Crippen LogP contribution in [-0.4, -0.2) is 0 Å². The van der Waals surface area contributed by atoms with Crippen LogP contribution in [0, 0.1) is 40.9 Å². The zero-order chi connectivity index (χ0) is 22.8. The molecule has 0 saturated carbocycles. The minimum Gasteiger partial charge on any atom is -0.206 e. The molecule has 0 radical (unpaired) electrons. The van der Waals surface area contributed by atoms with E-state index in [-0.39, 0.29) is 16.7 Å². The summed E-state index contributed by atoms with van der Waals surface area (Å²) in [5.41, 5.74) is 1.55. The molecule has 5 heteroatoms. The van der Waals surface area contributed by atoms with Gasteiger partial charge in [0.2, 0.25) is 0 Å². The fourth-order valence-corrected chi connectivity index (χ4v) is 3.56. The van der Waals surface area contributed by atoms with E-state index in [1.807, 2.05) is 12.1 Å². The van der Waals surface area contributed by atoms with Crippen LogP contribution >= 0.6 is 0 Å². The Morgan fingerprint density at radius 2 is 1.44 bits per heavy atom. The van der Waals surface area contributed by atoms with Crippen molar-refractivity contribution in [2.75, 3.05) is 0 Å². The van der Waals surface area contributed by atoms with Crippen molar-refractivity contribution in [3.05, 3.63) is 106 Å². The van der Waals surface area contributed by atoms with Crippen molar-refractivity contribution in [2.24, 2.45) is 0 Å². The standard InChI is InChI=1S/C27H17F5/c1-2-3-16-5-10-21-19(12-16)9-11-22(26(21)31)20-8-7-18(23(28)15-20)6-4-17-13-24(29)27(32)25(30)14-17/h5,7-15H,2-3H2,1H3. The predicted octanol–water partition coefficient (Wildman–Crippen LogP) is 7.55. The molecule has 0 fully saturated rings. The summed E-state index contributed by atoms with van der Waals surface area (Å²) >= 11 is 0. The fourth-order valence-electron chi connectivity index (χ4n) is 3.56. The lowest BCUT2D eigenvalue weighted by Crippen LogP contribution is -1.92. The largest absolute Gasteiger partial charge is 0.206 e. The molecule has 4 rings (SSSR count). The fraction of sp³-hybridized carbons (Fsp3) is 0.111. The van der Waals surface area contributed by atoms with Gasteiger partial charge >= 0.3 is 0 Å². The molecule has 0 unspecified atom stereocenters. The molecular formula is C27H17F5. The van der Waals surface area contributed by atoms with Crippen molar-refractivity contribution < 1.29 is 22.0 Å². The summed E-state index contributed by atoms with van der Waals surface area (Å²) in [5.74, 6) is -0.621. The van der Waals surface area contributed by atoms with Crippen molar-refractivity contribution in [1.29, 1.82) is 0 Å². The Morgan fingerprint density at radius 1 is 0.688 bits per heavy atom. The number of benzene rings is 4. The van der Waals surface area contributed by atoms with E-state index in [1.54, 1.807) is 18.2 Å². The molecule has 0 bridgehead atoms. The van der Waals surface area contributed by atoms with Gasteiger partial charge in [-0.15, -0.1) is 0 Å². The van der Waals surface area contributed by atoms with Crippen LogP contribution in [0.3, 0.4) is 0 Å². The molecule has 0 amide bonds. The molecule has 0 aromatic heterocycles. The Labute approximate surface area is 182 Å². The normalized spacial score (nSPS) is 10.8. The first-order chi connectivity index (χ1) is 15.4. The second-order valence-electron chi connectivity index (χ2n) is 7.43. The predicted molar refractivity (Wildman–Crippen MR) is 116 cm³/mol. The second-order valence-corrected chi connectivity index (χ2v) is 7.43. The maximum Gasteiger partial charge on any atom is 0.194 e. The Bertz CT molecular complexity index is 1370. The SMILES string of the molecule is CCCc1ccc2c(F)c(-c3ccc(C#Cc4cc(F)c(F)c(F)c4)c(F)c3)ccc2c1. The van der Waals surface area contributed by atoms with Gasteiger partial charge in [-0.25, -0.2) is 22.0 Å². The highest BCUT2D eigenvalue weighted by atomic mass is 19.2. The van der Waals surface area contributed by atoms with Crippen LogP contribution in [0.5, 0.6) is 0 Å². The minimum atomic E-state index is -1.59. The van der Waals surface area contributed by atoms with Crippen LogP contribution in [0.4, 0.5) is 22.0 Å². The van der Waals surface area contributed by atoms with Gasteiger partial charge in [0.1, 0.15) is 11.6 Å².